The van der Waals surface area contributed by atoms with Gasteiger partial charge in [0, 0.05) is 46.8 Å². The molecule has 2 aliphatic heterocycles. The molecule has 5 rings (SSSR count). The van der Waals surface area contributed by atoms with Crippen molar-refractivity contribution in [1.29, 1.82) is 0 Å². The lowest BCUT2D eigenvalue weighted by Crippen LogP contribution is -2.54. The number of aromatic nitrogens is 2. The monoisotopic (exact) mass is 543 g/mol. The quantitative estimate of drug-likeness (QED) is 0.525. The molecule has 1 aliphatic carbocycles. The van der Waals surface area contributed by atoms with Gasteiger partial charge in [-0.15, -0.1) is 0 Å². The number of ether oxygens (including phenoxy) is 1. The number of halogens is 1. The van der Waals surface area contributed by atoms with Crippen LogP contribution in [0.3, 0.4) is 0 Å². The molecule has 11 nitrogen and oxygen atoms in total. The summed E-state index contributed by atoms with van der Waals surface area (Å²) in [5, 5.41) is 13.4. The highest BCUT2D eigenvalue weighted by molar-refractivity contribution is 6.34. The number of aromatic hydroxyl groups is 1. The molecule has 1 saturated carbocycles. The van der Waals surface area contributed by atoms with Crippen molar-refractivity contribution in [2.75, 3.05) is 34.9 Å². The van der Waals surface area contributed by atoms with E-state index in [9.17, 15) is 28.7 Å². The van der Waals surface area contributed by atoms with Crippen LogP contribution in [0.25, 0.3) is 0 Å². The SMILES string of the molecule is COCC12CCC(N(C)C(=O)C(=O)N(C)C)(CC1)c1nc(C(=O)NCc3ccc(F)c(C)c3)c(O)c(=O)n1C2. The summed E-state index contributed by atoms with van der Waals surface area (Å²) >= 11 is 0. The predicted octanol–water partition coefficient (Wildman–Crippen LogP) is 1.29. The lowest BCUT2D eigenvalue weighted by molar-refractivity contribution is -0.155. The van der Waals surface area contributed by atoms with Gasteiger partial charge in [0.05, 0.1) is 6.61 Å². The molecule has 210 valence electrons. The van der Waals surface area contributed by atoms with Crippen LogP contribution < -0.4 is 10.9 Å². The summed E-state index contributed by atoms with van der Waals surface area (Å²) in [4.78, 5) is 59.5. The largest absolute Gasteiger partial charge is 0.501 e. The molecule has 0 saturated heterocycles. The molecule has 2 bridgehead atoms. The number of aryl methyl sites for hydroxylation is 1. The van der Waals surface area contributed by atoms with Gasteiger partial charge in [-0.05, 0) is 49.8 Å². The van der Waals surface area contributed by atoms with Crippen LogP contribution in [0.1, 0.15) is 53.1 Å². The molecule has 2 aromatic rings. The van der Waals surface area contributed by atoms with Gasteiger partial charge in [0.25, 0.3) is 11.5 Å². The maximum Gasteiger partial charge on any atom is 0.312 e. The van der Waals surface area contributed by atoms with Gasteiger partial charge in [0.2, 0.25) is 5.75 Å². The molecular weight excluding hydrogens is 509 g/mol. The number of carbonyl (C=O) groups excluding carboxylic acids is 3. The molecule has 2 N–H and O–H groups in total. The van der Waals surface area contributed by atoms with Crippen molar-refractivity contribution in [2.45, 2.75) is 51.2 Å². The van der Waals surface area contributed by atoms with Gasteiger partial charge in [-0.3, -0.25) is 23.7 Å². The lowest BCUT2D eigenvalue weighted by atomic mass is 9.68. The zero-order chi connectivity index (χ0) is 28.7. The fourth-order valence-electron chi connectivity index (χ4n) is 5.71. The minimum Gasteiger partial charge on any atom is -0.501 e. The molecule has 0 unspecified atom stereocenters. The highest BCUT2D eigenvalue weighted by Gasteiger charge is 2.54. The minimum absolute atomic E-state index is 0.0112. The van der Waals surface area contributed by atoms with Gasteiger partial charge < -0.3 is 25.0 Å². The molecular formula is C27H34FN5O6. The molecule has 0 radical (unpaired) electrons. The Labute approximate surface area is 225 Å². The molecule has 39 heavy (non-hydrogen) atoms. The van der Waals surface area contributed by atoms with E-state index in [2.05, 4.69) is 10.3 Å². The topological polar surface area (TPSA) is 134 Å². The van der Waals surface area contributed by atoms with Crippen LogP contribution in [0, 0.1) is 18.2 Å². The Kier molecular flexibility index (Phi) is 7.53. The van der Waals surface area contributed by atoms with Gasteiger partial charge in [-0.2, -0.15) is 0 Å². The Morgan fingerprint density at radius 3 is 2.41 bits per heavy atom. The van der Waals surface area contributed by atoms with Gasteiger partial charge in [0.1, 0.15) is 17.2 Å². The summed E-state index contributed by atoms with van der Waals surface area (Å²) in [6.07, 6.45) is 1.91. The third-order valence-corrected chi connectivity index (χ3v) is 8.07. The Bertz CT molecular complexity index is 1380. The van der Waals surface area contributed by atoms with Crippen LogP contribution in [-0.4, -0.2) is 77.0 Å². The number of likely N-dealkylation sites (N-methyl/N-ethyl adjacent to an activating group) is 2. The van der Waals surface area contributed by atoms with Crippen LogP contribution in [0.4, 0.5) is 4.39 Å². The van der Waals surface area contributed by atoms with Crippen molar-refractivity contribution < 1.29 is 28.6 Å². The van der Waals surface area contributed by atoms with Gasteiger partial charge in [0.15, 0.2) is 5.69 Å². The highest BCUT2D eigenvalue weighted by atomic mass is 19.1. The number of hydrogen-bond donors (Lipinski definition) is 2. The smallest absolute Gasteiger partial charge is 0.312 e. The lowest BCUT2D eigenvalue weighted by Gasteiger charge is -2.46. The number of hydrogen-bond acceptors (Lipinski definition) is 7. The second kappa shape index (κ2) is 10.4. The van der Waals surface area contributed by atoms with E-state index in [1.807, 2.05) is 0 Å². The van der Waals surface area contributed by atoms with Crippen molar-refractivity contribution in [2.24, 2.45) is 5.41 Å². The molecule has 0 spiro atoms. The first-order chi connectivity index (χ1) is 18.4. The normalized spacial score (nSPS) is 21.6. The number of amides is 3. The number of fused-ring (bicyclic) bond motifs is 2. The fourth-order valence-corrected chi connectivity index (χ4v) is 5.71. The minimum atomic E-state index is -1.16. The van der Waals surface area contributed by atoms with Gasteiger partial charge >= 0.3 is 11.8 Å². The summed E-state index contributed by atoms with van der Waals surface area (Å²) in [5.74, 6) is -3.34. The number of methoxy groups -OCH3 is 1. The van der Waals surface area contributed by atoms with Crippen molar-refractivity contribution >= 4 is 17.7 Å². The summed E-state index contributed by atoms with van der Waals surface area (Å²) in [5.41, 5.74) is -1.86. The maximum absolute atomic E-state index is 13.6. The van der Waals surface area contributed by atoms with Crippen LogP contribution in [0.15, 0.2) is 23.0 Å². The van der Waals surface area contributed by atoms with Gasteiger partial charge in [-0.25, -0.2) is 9.37 Å². The van der Waals surface area contributed by atoms with E-state index < -0.39 is 45.7 Å². The average Bonchev–Trinajstić information content (AvgIpc) is 3.14. The molecule has 1 fully saturated rings. The first-order valence-electron chi connectivity index (χ1n) is 12.7. The van der Waals surface area contributed by atoms with Crippen LogP contribution in [-0.2, 0) is 33.0 Å². The summed E-state index contributed by atoms with van der Waals surface area (Å²) in [6, 6.07) is 4.40. The maximum atomic E-state index is 13.6. The summed E-state index contributed by atoms with van der Waals surface area (Å²) < 4.78 is 20.4. The Balaban J connectivity index is 1.79. The van der Waals surface area contributed by atoms with Crippen molar-refractivity contribution in [1.82, 2.24) is 24.7 Å². The van der Waals surface area contributed by atoms with Gasteiger partial charge in [-0.1, -0.05) is 12.1 Å². The molecule has 1 aromatic heterocycles. The van der Waals surface area contributed by atoms with E-state index in [1.54, 1.807) is 20.1 Å². The molecule has 0 atom stereocenters. The highest BCUT2D eigenvalue weighted by Crippen LogP contribution is 2.52. The van der Waals surface area contributed by atoms with E-state index in [4.69, 9.17) is 4.74 Å². The van der Waals surface area contributed by atoms with E-state index >= 15 is 0 Å². The van der Waals surface area contributed by atoms with Crippen LogP contribution >= 0.6 is 0 Å². The second-order valence-electron chi connectivity index (χ2n) is 10.8. The third kappa shape index (κ3) is 4.88. The molecule has 12 heteroatoms. The zero-order valence-corrected chi connectivity index (χ0v) is 22.8. The summed E-state index contributed by atoms with van der Waals surface area (Å²) in [7, 11) is 6.02. The molecule has 3 amide bonds. The van der Waals surface area contributed by atoms with Crippen LogP contribution in [0.5, 0.6) is 5.75 Å². The Hall–Kier alpha value is -3.80. The third-order valence-electron chi connectivity index (χ3n) is 8.07. The van der Waals surface area contributed by atoms with E-state index in [0.29, 0.717) is 43.4 Å². The predicted molar refractivity (Wildman–Crippen MR) is 138 cm³/mol. The van der Waals surface area contributed by atoms with Crippen molar-refractivity contribution in [3.05, 3.63) is 57.0 Å². The summed E-state index contributed by atoms with van der Waals surface area (Å²) in [6.45, 7) is 2.14. The molecule has 1 aromatic carbocycles. The Morgan fingerprint density at radius 1 is 1.15 bits per heavy atom. The zero-order valence-electron chi connectivity index (χ0n) is 22.8. The van der Waals surface area contributed by atoms with E-state index in [1.165, 1.54) is 47.6 Å². The van der Waals surface area contributed by atoms with Crippen LogP contribution in [0.2, 0.25) is 0 Å². The number of nitrogens with one attached hydrogen (secondary N) is 1. The first-order valence-corrected chi connectivity index (χ1v) is 12.7. The fraction of sp³-hybridized carbons (Fsp3) is 0.519. The second-order valence-corrected chi connectivity index (χ2v) is 10.8. The number of rotatable bonds is 6. The van der Waals surface area contributed by atoms with Crippen molar-refractivity contribution in [3.63, 3.8) is 0 Å². The van der Waals surface area contributed by atoms with Crippen molar-refractivity contribution in [3.8, 4) is 5.75 Å². The first kappa shape index (κ1) is 28.2. The number of benzene rings is 1. The average molecular weight is 544 g/mol. The van der Waals surface area contributed by atoms with E-state index in [-0.39, 0.29) is 24.7 Å². The number of nitrogens with zero attached hydrogens (tertiary/aromatic N) is 4. The standard InChI is InChI=1S/C27H34FN5O6/c1-16-12-17(6-7-18(16)28)13-29-21(35)19-20(34)22(36)33-14-26(15-39-5)8-10-27(11-9-26,25(33)30-19)32(4)24(38)23(37)31(2)3/h6-7,12,34H,8-11,13-15H2,1-5H3,(H,29,35). The molecule has 3 aliphatic rings. The van der Waals surface area contributed by atoms with E-state index in [0.717, 1.165) is 0 Å². The molecule has 3 heterocycles. The Morgan fingerprint density at radius 2 is 1.82 bits per heavy atom. The number of carbonyl (C=O) groups is 3.